The zero-order valence-corrected chi connectivity index (χ0v) is 18.3. The van der Waals surface area contributed by atoms with E-state index in [2.05, 4.69) is 15.5 Å². The van der Waals surface area contributed by atoms with E-state index in [1.165, 1.54) is 22.1 Å². The summed E-state index contributed by atoms with van der Waals surface area (Å²) in [5.41, 5.74) is -0.220. The highest BCUT2D eigenvalue weighted by Gasteiger charge is 2.32. The van der Waals surface area contributed by atoms with Crippen molar-refractivity contribution in [2.45, 2.75) is 11.3 Å². The highest BCUT2D eigenvalue weighted by atomic mass is 32.2. The van der Waals surface area contributed by atoms with Crippen LogP contribution in [-0.2, 0) is 15.7 Å². The number of amides is 1. The first-order valence-electron chi connectivity index (χ1n) is 9.54. The Balaban J connectivity index is 1.48. The second kappa shape index (κ2) is 9.38. The number of hydrogen-bond donors (Lipinski definition) is 2. The number of thiophene rings is 1. The normalized spacial score (nSPS) is 14.5. The molecule has 0 saturated carbocycles. The molecule has 0 atom stereocenters. The molecule has 0 spiro atoms. The molecule has 0 radical (unpaired) electrons. The summed E-state index contributed by atoms with van der Waals surface area (Å²) in [4.78, 5) is 15.3. The molecule has 3 heterocycles. The number of hydrogen-bond acceptors (Lipinski definition) is 8. The third-order valence-corrected chi connectivity index (χ3v) is 6.50. The fourth-order valence-corrected chi connectivity index (χ4v) is 4.52. The molecular weight excluding hydrogens is 465 g/mol. The molecule has 1 amide bonds. The lowest BCUT2D eigenvalue weighted by atomic mass is 10.1. The number of benzene rings is 1. The van der Waals surface area contributed by atoms with Crippen LogP contribution < -0.4 is 16.1 Å². The summed E-state index contributed by atoms with van der Waals surface area (Å²) in [6, 6.07) is 7.04. The summed E-state index contributed by atoms with van der Waals surface area (Å²) >= 11 is 2.50. The van der Waals surface area contributed by atoms with Crippen molar-refractivity contribution >= 4 is 40.4 Å². The molecular formula is C19H19F3N6O2S2. The molecule has 8 nitrogen and oxygen atoms in total. The summed E-state index contributed by atoms with van der Waals surface area (Å²) in [5.74, 6) is 5.91. The van der Waals surface area contributed by atoms with Gasteiger partial charge in [-0.1, -0.05) is 17.8 Å². The molecule has 3 aromatic rings. The van der Waals surface area contributed by atoms with Crippen molar-refractivity contribution in [3.8, 4) is 10.7 Å². The van der Waals surface area contributed by atoms with E-state index in [1.807, 2.05) is 22.4 Å². The molecule has 1 aliphatic rings. The van der Waals surface area contributed by atoms with E-state index in [0.717, 1.165) is 28.8 Å². The zero-order valence-electron chi connectivity index (χ0n) is 16.6. The van der Waals surface area contributed by atoms with Gasteiger partial charge in [0, 0.05) is 13.1 Å². The predicted molar refractivity (Wildman–Crippen MR) is 117 cm³/mol. The van der Waals surface area contributed by atoms with Crippen molar-refractivity contribution in [1.82, 2.24) is 14.9 Å². The van der Waals surface area contributed by atoms with Gasteiger partial charge in [-0.15, -0.1) is 21.5 Å². The summed E-state index contributed by atoms with van der Waals surface area (Å²) in [7, 11) is 0. The maximum atomic E-state index is 13.2. The van der Waals surface area contributed by atoms with Gasteiger partial charge in [0.2, 0.25) is 11.1 Å². The minimum atomic E-state index is -4.52. The van der Waals surface area contributed by atoms with Gasteiger partial charge in [-0.25, -0.2) is 4.68 Å². The zero-order chi connectivity index (χ0) is 22.7. The van der Waals surface area contributed by atoms with Crippen molar-refractivity contribution in [2.75, 3.05) is 48.1 Å². The number of ether oxygens (including phenoxy) is 1. The van der Waals surface area contributed by atoms with Crippen LogP contribution in [0.1, 0.15) is 5.56 Å². The standard InChI is InChI=1S/C19H19F3N6O2S2/c20-19(21,22)12-3-4-14(27-5-7-30-8-6-27)13(10-12)24-16(29)11-32-18-26-25-17(28(18)23)15-2-1-9-31-15/h1-4,9-10H,5-8,11,23H2,(H,24,29). The average Bonchev–Trinajstić information content (AvgIpc) is 3.42. The minimum absolute atomic E-state index is 0.0980. The topological polar surface area (TPSA) is 98.3 Å². The number of nitrogen functional groups attached to an aromatic ring is 1. The number of nitrogens with one attached hydrogen (secondary N) is 1. The first-order valence-corrected chi connectivity index (χ1v) is 11.4. The lowest BCUT2D eigenvalue weighted by Gasteiger charge is -2.31. The molecule has 4 rings (SSSR count). The second-order valence-corrected chi connectivity index (χ2v) is 8.71. The number of nitrogens with two attached hydrogens (primary N) is 1. The molecule has 1 aromatic carbocycles. The number of morpholine rings is 1. The molecule has 0 bridgehead atoms. The Labute approximate surface area is 189 Å². The number of nitrogens with zero attached hydrogens (tertiary/aromatic N) is 4. The summed E-state index contributed by atoms with van der Waals surface area (Å²) in [6.07, 6.45) is -4.52. The molecule has 170 valence electrons. The summed E-state index contributed by atoms with van der Waals surface area (Å²) in [5, 5.41) is 12.8. The van der Waals surface area contributed by atoms with Crippen LogP contribution in [0, 0.1) is 0 Å². The lowest BCUT2D eigenvalue weighted by molar-refractivity contribution is -0.137. The molecule has 1 fully saturated rings. The van der Waals surface area contributed by atoms with E-state index >= 15 is 0 Å². The van der Waals surface area contributed by atoms with E-state index in [1.54, 1.807) is 0 Å². The number of halogens is 3. The third kappa shape index (κ3) is 5.00. The maximum absolute atomic E-state index is 13.2. The fraction of sp³-hybridized carbons (Fsp3) is 0.316. The van der Waals surface area contributed by atoms with Crippen molar-refractivity contribution in [3.05, 3.63) is 41.3 Å². The van der Waals surface area contributed by atoms with Gasteiger partial charge in [-0.3, -0.25) is 4.79 Å². The van der Waals surface area contributed by atoms with Crippen LogP contribution in [0.2, 0.25) is 0 Å². The van der Waals surface area contributed by atoms with E-state index < -0.39 is 17.6 Å². The third-order valence-electron chi connectivity index (χ3n) is 4.69. The van der Waals surface area contributed by atoms with Gasteiger partial charge in [0.05, 0.1) is 40.8 Å². The van der Waals surface area contributed by atoms with Gasteiger partial charge in [0.1, 0.15) is 0 Å². The average molecular weight is 485 g/mol. The van der Waals surface area contributed by atoms with Crippen LogP contribution in [0.3, 0.4) is 0 Å². The molecule has 0 unspecified atom stereocenters. The van der Waals surface area contributed by atoms with Crippen molar-refractivity contribution in [2.24, 2.45) is 0 Å². The van der Waals surface area contributed by atoms with Gasteiger partial charge >= 0.3 is 6.18 Å². The van der Waals surface area contributed by atoms with Gasteiger partial charge < -0.3 is 20.8 Å². The minimum Gasteiger partial charge on any atom is -0.378 e. The van der Waals surface area contributed by atoms with Crippen LogP contribution in [0.15, 0.2) is 40.9 Å². The Morgan fingerprint density at radius 3 is 2.72 bits per heavy atom. The Kier molecular flexibility index (Phi) is 6.58. The molecule has 3 N–H and O–H groups in total. The maximum Gasteiger partial charge on any atom is 0.416 e. The van der Waals surface area contributed by atoms with Crippen molar-refractivity contribution in [1.29, 1.82) is 0 Å². The number of aromatic nitrogens is 3. The number of anilines is 2. The Morgan fingerprint density at radius 2 is 2.03 bits per heavy atom. The van der Waals surface area contributed by atoms with Gasteiger partial charge in [-0.05, 0) is 29.6 Å². The number of carbonyl (C=O) groups is 1. The van der Waals surface area contributed by atoms with E-state index in [9.17, 15) is 18.0 Å². The van der Waals surface area contributed by atoms with E-state index in [-0.39, 0.29) is 11.4 Å². The molecule has 0 aliphatic carbocycles. The molecule has 1 saturated heterocycles. The van der Waals surface area contributed by atoms with Crippen LogP contribution in [0.5, 0.6) is 0 Å². The number of carbonyl (C=O) groups excluding carboxylic acids is 1. The first-order chi connectivity index (χ1) is 15.3. The molecule has 2 aromatic heterocycles. The quantitative estimate of drug-likeness (QED) is 0.409. The van der Waals surface area contributed by atoms with Crippen LogP contribution >= 0.6 is 23.1 Å². The lowest BCUT2D eigenvalue weighted by Crippen LogP contribution is -2.37. The molecule has 1 aliphatic heterocycles. The highest BCUT2D eigenvalue weighted by Crippen LogP contribution is 2.36. The fourth-order valence-electron chi connectivity index (χ4n) is 3.16. The molecule has 13 heteroatoms. The van der Waals surface area contributed by atoms with Gasteiger partial charge in [0.25, 0.3) is 0 Å². The Hall–Kier alpha value is -2.77. The smallest absolute Gasteiger partial charge is 0.378 e. The SMILES string of the molecule is Nn1c(SCC(=O)Nc2cc(C(F)(F)F)ccc2N2CCOCC2)nnc1-c1cccs1. The first kappa shape index (κ1) is 22.4. The van der Waals surface area contributed by atoms with Gasteiger partial charge in [-0.2, -0.15) is 13.2 Å². The highest BCUT2D eigenvalue weighted by molar-refractivity contribution is 7.99. The van der Waals surface area contributed by atoms with Gasteiger partial charge in [0.15, 0.2) is 5.82 Å². The van der Waals surface area contributed by atoms with Crippen molar-refractivity contribution in [3.63, 3.8) is 0 Å². The number of alkyl halides is 3. The predicted octanol–water partition coefficient (Wildman–Crippen LogP) is 3.31. The van der Waals surface area contributed by atoms with E-state index in [0.29, 0.717) is 43.0 Å². The Morgan fingerprint density at radius 1 is 1.25 bits per heavy atom. The Bertz CT molecular complexity index is 1080. The number of rotatable bonds is 6. The van der Waals surface area contributed by atoms with E-state index in [4.69, 9.17) is 10.6 Å². The summed E-state index contributed by atoms with van der Waals surface area (Å²) < 4.78 is 46.3. The van der Waals surface area contributed by atoms with Crippen LogP contribution in [0.25, 0.3) is 10.7 Å². The monoisotopic (exact) mass is 484 g/mol. The number of thioether (sulfide) groups is 1. The van der Waals surface area contributed by atoms with Crippen LogP contribution in [-0.4, -0.2) is 52.8 Å². The largest absolute Gasteiger partial charge is 0.416 e. The van der Waals surface area contributed by atoms with Crippen LogP contribution in [0.4, 0.5) is 24.5 Å². The second-order valence-electron chi connectivity index (χ2n) is 6.82. The molecule has 32 heavy (non-hydrogen) atoms. The summed E-state index contributed by atoms with van der Waals surface area (Å²) in [6.45, 7) is 1.96. The van der Waals surface area contributed by atoms with Crippen molar-refractivity contribution < 1.29 is 22.7 Å².